The van der Waals surface area contributed by atoms with Crippen molar-refractivity contribution in [3.05, 3.63) is 28.7 Å². The third-order valence-electron chi connectivity index (χ3n) is 4.26. The Morgan fingerprint density at radius 1 is 1.36 bits per heavy atom. The molecule has 2 heterocycles. The minimum Gasteiger partial charge on any atom is -0.484 e. The van der Waals surface area contributed by atoms with E-state index in [1.165, 1.54) is 0 Å². The van der Waals surface area contributed by atoms with Crippen LogP contribution in [0.1, 0.15) is 19.8 Å². The maximum Gasteiger partial charge on any atom is 0.276 e. The molecule has 1 aromatic carbocycles. The number of ether oxygens (including phenoxy) is 1. The number of hydrazine groups is 1. The number of nitrogens with one attached hydrogen (secondary N) is 2. The van der Waals surface area contributed by atoms with Crippen molar-refractivity contribution in [1.82, 2.24) is 15.8 Å². The molecule has 0 radical (unpaired) electrons. The van der Waals surface area contributed by atoms with Gasteiger partial charge in [-0.1, -0.05) is 15.9 Å². The van der Waals surface area contributed by atoms with Crippen molar-refractivity contribution in [2.75, 3.05) is 12.4 Å². The summed E-state index contributed by atoms with van der Waals surface area (Å²) in [4.78, 5) is 37.5. The van der Waals surface area contributed by atoms with Gasteiger partial charge in [-0.3, -0.25) is 25.2 Å². The van der Waals surface area contributed by atoms with Crippen molar-refractivity contribution in [1.29, 1.82) is 0 Å². The van der Waals surface area contributed by atoms with Gasteiger partial charge in [0.1, 0.15) is 11.8 Å². The number of carbonyl (C=O) groups excluding carboxylic acids is 3. The third-order valence-corrected chi connectivity index (χ3v) is 6.29. The van der Waals surface area contributed by atoms with Gasteiger partial charge in [0, 0.05) is 16.6 Å². The molecule has 2 aliphatic rings. The number of fused-ring (bicyclic) bond motifs is 1. The molecule has 7 nitrogen and oxygen atoms in total. The van der Waals surface area contributed by atoms with Gasteiger partial charge in [-0.05, 0) is 37.6 Å². The van der Waals surface area contributed by atoms with Gasteiger partial charge in [-0.2, -0.15) is 0 Å². The molecule has 2 aliphatic heterocycles. The summed E-state index contributed by atoms with van der Waals surface area (Å²) in [6.45, 7) is 1.75. The number of hydrogen-bond acceptors (Lipinski definition) is 5. The fourth-order valence-corrected chi connectivity index (χ4v) is 4.64. The Labute approximate surface area is 157 Å². The number of benzene rings is 1. The van der Waals surface area contributed by atoms with E-state index in [0.717, 1.165) is 10.9 Å². The van der Waals surface area contributed by atoms with Gasteiger partial charge in [0.05, 0.1) is 4.87 Å². The lowest BCUT2D eigenvalue weighted by molar-refractivity contribution is -0.139. The molecule has 2 N–H and O–H groups in total. The van der Waals surface area contributed by atoms with Crippen molar-refractivity contribution < 1.29 is 19.1 Å². The number of hydrogen-bond donors (Lipinski definition) is 2. The van der Waals surface area contributed by atoms with E-state index < -0.39 is 11.9 Å². The van der Waals surface area contributed by atoms with Crippen LogP contribution in [0.4, 0.5) is 0 Å². The van der Waals surface area contributed by atoms with Crippen molar-refractivity contribution >= 4 is 45.4 Å². The van der Waals surface area contributed by atoms with Crippen LogP contribution in [0.2, 0.25) is 0 Å². The molecule has 2 saturated heterocycles. The highest BCUT2D eigenvalue weighted by Crippen LogP contribution is 2.47. The van der Waals surface area contributed by atoms with Crippen LogP contribution in [0.5, 0.6) is 5.75 Å². The van der Waals surface area contributed by atoms with Gasteiger partial charge in [-0.15, -0.1) is 11.8 Å². The maximum absolute atomic E-state index is 12.3. The second-order valence-electron chi connectivity index (χ2n) is 6.05. The van der Waals surface area contributed by atoms with Crippen LogP contribution in [0.25, 0.3) is 0 Å². The van der Waals surface area contributed by atoms with Crippen LogP contribution in [0, 0.1) is 0 Å². The zero-order valence-corrected chi connectivity index (χ0v) is 16.0. The Morgan fingerprint density at radius 2 is 2.08 bits per heavy atom. The topological polar surface area (TPSA) is 87.7 Å². The lowest BCUT2D eigenvalue weighted by Crippen LogP contribution is -2.54. The molecular formula is C16H18BrN3O4S. The van der Waals surface area contributed by atoms with Crippen molar-refractivity contribution in [3.63, 3.8) is 0 Å². The SMILES string of the molecule is C[C@]12CCC(=O)N1[C@@H](C(=O)NNC(=O)COc1ccc(Br)cc1)CS2. The van der Waals surface area contributed by atoms with E-state index in [1.807, 2.05) is 6.92 Å². The first-order chi connectivity index (χ1) is 11.9. The number of amides is 3. The van der Waals surface area contributed by atoms with Gasteiger partial charge in [-0.25, -0.2) is 0 Å². The average molecular weight is 428 g/mol. The molecule has 0 saturated carbocycles. The van der Waals surface area contributed by atoms with Gasteiger partial charge in [0.25, 0.3) is 11.8 Å². The van der Waals surface area contributed by atoms with Crippen LogP contribution in [-0.4, -0.2) is 45.9 Å². The fraction of sp³-hybridized carbons (Fsp3) is 0.438. The van der Waals surface area contributed by atoms with E-state index in [9.17, 15) is 14.4 Å². The van der Waals surface area contributed by atoms with Crippen LogP contribution < -0.4 is 15.6 Å². The molecule has 0 unspecified atom stereocenters. The van der Waals surface area contributed by atoms with Gasteiger partial charge < -0.3 is 9.64 Å². The predicted molar refractivity (Wildman–Crippen MR) is 96.7 cm³/mol. The van der Waals surface area contributed by atoms with Crippen LogP contribution in [0.15, 0.2) is 28.7 Å². The Kier molecular flexibility index (Phi) is 5.24. The highest BCUT2D eigenvalue weighted by Gasteiger charge is 2.52. The van der Waals surface area contributed by atoms with E-state index in [1.54, 1.807) is 40.9 Å². The molecule has 0 aromatic heterocycles. The van der Waals surface area contributed by atoms with Crippen LogP contribution in [0.3, 0.4) is 0 Å². The minimum atomic E-state index is -0.558. The molecule has 0 bridgehead atoms. The molecule has 2 atom stereocenters. The molecule has 25 heavy (non-hydrogen) atoms. The monoisotopic (exact) mass is 427 g/mol. The maximum atomic E-state index is 12.3. The summed E-state index contributed by atoms with van der Waals surface area (Å²) in [7, 11) is 0. The molecule has 3 amide bonds. The van der Waals surface area contributed by atoms with Gasteiger partial charge in [0.15, 0.2) is 6.61 Å². The molecule has 0 spiro atoms. The van der Waals surface area contributed by atoms with E-state index >= 15 is 0 Å². The quantitative estimate of drug-likeness (QED) is 0.709. The largest absolute Gasteiger partial charge is 0.484 e. The van der Waals surface area contributed by atoms with Crippen LogP contribution >= 0.6 is 27.7 Å². The lowest BCUT2D eigenvalue weighted by Gasteiger charge is -2.29. The number of thioether (sulfide) groups is 1. The molecular weight excluding hydrogens is 410 g/mol. The third kappa shape index (κ3) is 3.92. The second kappa shape index (κ2) is 7.25. The first-order valence-electron chi connectivity index (χ1n) is 7.82. The fourth-order valence-electron chi connectivity index (χ4n) is 2.95. The molecule has 1 aromatic rings. The van der Waals surface area contributed by atoms with Crippen LogP contribution in [-0.2, 0) is 14.4 Å². The first kappa shape index (κ1) is 18.1. The highest BCUT2D eigenvalue weighted by molar-refractivity contribution is 9.10. The lowest BCUT2D eigenvalue weighted by atomic mass is 10.2. The summed E-state index contributed by atoms with van der Waals surface area (Å²) < 4.78 is 6.24. The average Bonchev–Trinajstić information content (AvgIpc) is 3.08. The zero-order valence-electron chi connectivity index (χ0n) is 13.6. The highest BCUT2D eigenvalue weighted by atomic mass is 79.9. The van der Waals surface area contributed by atoms with E-state index in [4.69, 9.17) is 4.74 Å². The van der Waals surface area contributed by atoms with Crippen molar-refractivity contribution in [3.8, 4) is 5.75 Å². The first-order valence-corrected chi connectivity index (χ1v) is 9.60. The van der Waals surface area contributed by atoms with Gasteiger partial charge >= 0.3 is 0 Å². The second-order valence-corrected chi connectivity index (χ2v) is 8.46. The zero-order chi connectivity index (χ0) is 18.0. The van der Waals surface area contributed by atoms with Gasteiger partial charge in [0.2, 0.25) is 5.91 Å². The Balaban J connectivity index is 1.46. The van der Waals surface area contributed by atoms with E-state index in [0.29, 0.717) is 17.9 Å². The standard InChI is InChI=1S/C16H18BrN3O4S/c1-16-7-6-14(22)20(16)12(9-25-16)15(23)19-18-13(21)8-24-11-4-2-10(17)3-5-11/h2-5,12H,6-9H2,1H3,(H,18,21)(H,19,23)/t12-,16+/m1/s1. The summed E-state index contributed by atoms with van der Waals surface area (Å²) in [5.41, 5.74) is 4.72. The summed E-state index contributed by atoms with van der Waals surface area (Å²) in [6, 6.07) is 6.50. The predicted octanol–water partition coefficient (Wildman–Crippen LogP) is 1.43. The number of halogens is 1. The smallest absolute Gasteiger partial charge is 0.276 e. The number of nitrogens with zero attached hydrogens (tertiary/aromatic N) is 1. The number of carbonyl (C=O) groups is 3. The minimum absolute atomic E-state index is 0.0162. The Morgan fingerprint density at radius 3 is 2.80 bits per heavy atom. The molecule has 9 heteroatoms. The summed E-state index contributed by atoms with van der Waals surface area (Å²) in [5.74, 6) is 0.202. The summed E-state index contributed by atoms with van der Waals surface area (Å²) in [6.07, 6.45) is 1.20. The molecule has 2 fully saturated rings. The normalized spacial score (nSPS) is 24.8. The van der Waals surface area contributed by atoms with Crippen molar-refractivity contribution in [2.24, 2.45) is 0 Å². The summed E-state index contributed by atoms with van der Waals surface area (Å²) >= 11 is 4.92. The van der Waals surface area contributed by atoms with E-state index in [2.05, 4.69) is 26.8 Å². The molecule has 0 aliphatic carbocycles. The summed E-state index contributed by atoms with van der Waals surface area (Å²) in [5, 5.41) is 0. The number of rotatable bonds is 4. The van der Waals surface area contributed by atoms with Crippen molar-refractivity contribution in [2.45, 2.75) is 30.7 Å². The Bertz CT molecular complexity index is 699. The van der Waals surface area contributed by atoms with E-state index in [-0.39, 0.29) is 23.3 Å². The molecule has 134 valence electrons. The Hall–Kier alpha value is -1.74. The molecule has 3 rings (SSSR count).